The number of amides is 1. The number of thiazole rings is 1. The van der Waals surface area contributed by atoms with Crippen molar-refractivity contribution >= 4 is 51.5 Å². The number of imidazole rings is 1. The number of hydrogen-bond donors (Lipinski definition) is 1. The number of fused-ring (bicyclic) bond motifs is 2. The molecule has 12 heteroatoms. The Morgan fingerprint density at radius 1 is 1.28 bits per heavy atom. The molecule has 2 aliphatic heterocycles. The predicted octanol–water partition coefficient (Wildman–Crippen LogP) is 3.67. The van der Waals surface area contributed by atoms with Crippen LogP contribution in [0.15, 0.2) is 23.2 Å². The minimum Gasteiger partial charge on any atom is -0.431 e. The Kier molecular flexibility index (Phi) is 7.01. The fraction of sp³-hybridized carbons (Fsp3) is 0.583. The molecule has 0 unspecified atom stereocenters. The molecule has 1 amide bonds. The summed E-state index contributed by atoms with van der Waals surface area (Å²) in [4.78, 5) is 45.8. The summed E-state index contributed by atoms with van der Waals surface area (Å²) in [6.45, 7) is 2.91. The SMILES string of the molecule is CSc1ncn2cc(C3=C(C(=O)OCOC(=O)OC4CCCCC4)N4C(=O)[C@H]([C@@H](C)O)[C@H]4[C@H]3C)sc12. The van der Waals surface area contributed by atoms with Crippen LogP contribution in [0.25, 0.3) is 10.4 Å². The van der Waals surface area contributed by atoms with Crippen molar-refractivity contribution < 1.29 is 33.7 Å². The minimum atomic E-state index is -0.874. The Morgan fingerprint density at radius 3 is 2.72 bits per heavy atom. The van der Waals surface area contributed by atoms with Crippen molar-refractivity contribution in [3.63, 3.8) is 0 Å². The molecule has 3 aliphatic rings. The van der Waals surface area contributed by atoms with Crippen molar-refractivity contribution in [3.8, 4) is 0 Å². The lowest BCUT2D eigenvalue weighted by molar-refractivity contribution is -0.167. The number of nitrogens with zero attached hydrogens (tertiary/aromatic N) is 3. The van der Waals surface area contributed by atoms with Crippen LogP contribution in [0.5, 0.6) is 0 Å². The standard InChI is InChI=1S/C24H29N3O7S2/c1-12-16(15-9-26-10-25-20(35-3)22(26)36-15)19(27-18(12)17(13(2)28)21(27)29)23(30)32-11-33-24(31)34-14-7-5-4-6-8-14/h9-10,12-14,17-18,28H,4-8,11H2,1-3H3/t12-,13+,17+,18+/m0/s1. The molecule has 0 spiro atoms. The average molecular weight is 536 g/mol. The number of esters is 1. The number of β-lactam (4-membered cyclic amide) rings is 1. The molecule has 0 radical (unpaired) electrons. The summed E-state index contributed by atoms with van der Waals surface area (Å²) in [6.07, 6.45) is 8.39. The first kappa shape index (κ1) is 25.1. The smallest absolute Gasteiger partial charge is 0.431 e. The Bertz CT molecular complexity index is 1210. The van der Waals surface area contributed by atoms with E-state index < -0.39 is 30.9 Å². The summed E-state index contributed by atoms with van der Waals surface area (Å²) in [5.41, 5.74) is 0.800. The van der Waals surface area contributed by atoms with Crippen LogP contribution in [0.4, 0.5) is 4.79 Å². The Hall–Kier alpha value is -2.57. The van der Waals surface area contributed by atoms with Gasteiger partial charge in [0.1, 0.15) is 28.0 Å². The second-order valence-electron chi connectivity index (χ2n) is 9.40. The molecule has 194 valence electrons. The molecule has 5 rings (SSSR count). The first-order valence-corrected chi connectivity index (χ1v) is 14.1. The maximum absolute atomic E-state index is 13.2. The molecule has 4 heterocycles. The first-order valence-electron chi connectivity index (χ1n) is 12.1. The number of thioether (sulfide) groups is 1. The van der Waals surface area contributed by atoms with E-state index in [0.717, 1.165) is 46.8 Å². The van der Waals surface area contributed by atoms with Crippen LogP contribution in [0.2, 0.25) is 0 Å². The zero-order valence-corrected chi connectivity index (χ0v) is 22.0. The second-order valence-corrected chi connectivity index (χ2v) is 11.2. The van der Waals surface area contributed by atoms with Crippen molar-refractivity contribution in [2.24, 2.45) is 11.8 Å². The molecule has 2 aromatic rings. The van der Waals surface area contributed by atoms with Gasteiger partial charge in [0.05, 0.1) is 22.9 Å². The third-order valence-electron chi connectivity index (χ3n) is 7.19. The molecule has 4 atom stereocenters. The van der Waals surface area contributed by atoms with Crippen LogP contribution < -0.4 is 0 Å². The number of ether oxygens (including phenoxy) is 3. The van der Waals surface area contributed by atoms with Gasteiger partial charge in [-0.15, -0.1) is 23.1 Å². The van der Waals surface area contributed by atoms with Crippen molar-refractivity contribution in [2.45, 2.75) is 69.2 Å². The zero-order valence-electron chi connectivity index (χ0n) is 20.3. The summed E-state index contributed by atoms with van der Waals surface area (Å²) in [5.74, 6) is -1.90. The van der Waals surface area contributed by atoms with Crippen molar-refractivity contribution in [2.75, 3.05) is 13.0 Å². The van der Waals surface area contributed by atoms with E-state index in [1.807, 2.05) is 23.8 Å². The van der Waals surface area contributed by atoms with Crippen molar-refractivity contribution in [1.82, 2.24) is 14.3 Å². The van der Waals surface area contributed by atoms with E-state index in [1.54, 1.807) is 13.3 Å². The average Bonchev–Trinajstić information content (AvgIpc) is 3.49. The number of aromatic nitrogens is 2. The van der Waals surface area contributed by atoms with E-state index >= 15 is 0 Å². The molecular formula is C24H29N3O7S2. The molecule has 1 saturated heterocycles. The lowest BCUT2D eigenvalue weighted by Gasteiger charge is -2.46. The van der Waals surface area contributed by atoms with Gasteiger partial charge >= 0.3 is 12.1 Å². The fourth-order valence-electron chi connectivity index (χ4n) is 5.48. The summed E-state index contributed by atoms with van der Waals surface area (Å²) >= 11 is 3.00. The van der Waals surface area contributed by atoms with Gasteiger partial charge in [0.2, 0.25) is 12.7 Å². The predicted molar refractivity (Wildman–Crippen MR) is 132 cm³/mol. The van der Waals surface area contributed by atoms with Gasteiger partial charge in [0, 0.05) is 17.7 Å². The Balaban J connectivity index is 1.36. The monoisotopic (exact) mass is 535 g/mol. The quantitative estimate of drug-likeness (QED) is 0.245. The third kappa shape index (κ3) is 4.28. The lowest BCUT2D eigenvalue weighted by Crippen LogP contribution is -2.63. The number of carbonyl (C=O) groups excluding carboxylic acids is 3. The van der Waals surface area contributed by atoms with E-state index in [-0.39, 0.29) is 29.7 Å². The van der Waals surface area contributed by atoms with Crippen LogP contribution in [0.1, 0.15) is 50.8 Å². The largest absolute Gasteiger partial charge is 0.511 e. The highest BCUT2D eigenvalue weighted by Gasteiger charge is 2.60. The van der Waals surface area contributed by atoms with Crippen molar-refractivity contribution in [3.05, 3.63) is 23.1 Å². The van der Waals surface area contributed by atoms with Crippen LogP contribution >= 0.6 is 23.1 Å². The first-order chi connectivity index (χ1) is 17.3. The van der Waals surface area contributed by atoms with Crippen LogP contribution in [-0.4, -0.2) is 68.7 Å². The maximum Gasteiger partial charge on any atom is 0.511 e. The van der Waals surface area contributed by atoms with E-state index in [1.165, 1.54) is 28.0 Å². The van der Waals surface area contributed by atoms with E-state index in [0.29, 0.717) is 5.57 Å². The van der Waals surface area contributed by atoms with Crippen LogP contribution in [-0.2, 0) is 23.8 Å². The summed E-state index contributed by atoms with van der Waals surface area (Å²) in [7, 11) is 0. The van der Waals surface area contributed by atoms with Gasteiger partial charge in [-0.05, 0) is 38.9 Å². The zero-order chi connectivity index (χ0) is 25.6. The second kappa shape index (κ2) is 10.1. The maximum atomic E-state index is 13.2. The highest BCUT2D eigenvalue weighted by atomic mass is 32.2. The topological polar surface area (TPSA) is 120 Å². The summed E-state index contributed by atoms with van der Waals surface area (Å²) in [5, 5.41) is 11.1. The highest BCUT2D eigenvalue weighted by Crippen LogP contribution is 2.52. The van der Waals surface area contributed by atoms with Gasteiger partial charge in [-0.3, -0.25) is 9.20 Å². The number of carbonyl (C=O) groups is 3. The van der Waals surface area contributed by atoms with Crippen LogP contribution in [0, 0.1) is 11.8 Å². The van der Waals surface area contributed by atoms with Gasteiger partial charge in [-0.1, -0.05) is 13.3 Å². The van der Waals surface area contributed by atoms with E-state index in [9.17, 15) is 19.5 Å². The molecule has 1 aliphatic carbocycles. The van der Waals surface area contributed by atoms with Gasteiger partial charge in [0.25, 0.3) is 0 Å². The molecule has 1 N–H and O–H groups in total. The molecule has 1 saturated carbocycles. The normalized spacial score (nSPS) is 25.1. The van der Waals surface area contributed by atoms with Gasteiger partial charge < -0.3 is 24.2 Å². The molecule has 2 fully saturated rings. The number of aliphatic hydroxyl groups is 1. The van der Waals surface area contributed by atoms with Gasteiger partial charge in [-0.25, -0.2) is 14.6 Å². The molecule has 0 bridgehead atoms. The molecule has 36 heavy (non-hydrogen) atoms. The Morgan fingerprint density at radius 2 is 2.03 bits per heavy atom. The highest BCUT2D eigenvalue weighted by molar-refractivity contribution is 7.98. The van der Waals surface area contributed by atoms with Crippen LogP contribution in [0.3, 0.4) is 0 Å². The van der Waals surface area contributed by atoms with Gasteiger partial charge in [0.15, 0.2) is 0 Å². The fourth-order valence-corrected chi connectivity index (χ4v) is 7.40. The molecule has 2 aromatic heterocycles. The molecule has 0 aromatic carbocycles. The minimum absolute atomic E-state index is 0.127. The number of hydrogen-bond acceptors (Lipinski definition) is 10. The van der Waals surface area contributed by atoms with Gasteiger partial charge in [-0.2, -0.15) is 0 Å². The Labute approximate surface area is 216 Å². The molecular weight excluding hydrogens is 506 g/mol. The third-order valence-corrected chi connectivity index (χ3v) is 9.14. The summed E-state index contributed by atoms with van der Waals surface area (Å²) in [6, 6.07) is -0.355. The summed E-state index contributed by atoms with van der Waals surface area (Å²) < 4.78 is 17.5. The van der Waals surface area contributed by atoms with Crippen molar-refractivity contribution in [1.29, 1.82) is 0 Å². The number of rotatable bonds is 7. The van der Waals surface area contributed by atoms with E-state index in [4.69, 9.17) is 14.2 Å². The van der Waals surface area contributed by atoms with E-state index in [2.05, 4.69) is 4.98 Å². The number of aliphatic hydroxyl groups excluding tert-OH is 1. The lowest BCUT2D eigenvalue weighted by atomic mass is 9.77. The molecule has 10 nitrogen and oxygen atoms in total.